The molecule has 0 aliphatic carbocycles. The van der Waals surface area contributed by atoms with Gasteiger partial charge < -0.3 is 10.1 Å². The van der Waals surface area contributed by atoms with E-state index in [0.717, 1.165) is 11.1 Å². The van der Waals surface area contributed by atoms with Crippen molar-refractivity contribution in [1.29, 1.82) is 0 Å². The Bertz CT molecular complexity index is 954. The van der Waals surface area contributed by atoms with Gasteiger partial charge in [-0.1, -0.05) is 29.8 Å². The third kappa shape index (κ3) is 3.98. The molecule has 1 aromatic heterocycles. The number of rotatable bonds is 4. The number of benzene rings is 2. The van der Waals surface area contributed by atoms with Crippen LogP contribution in [0.4, 0.5) is 5.69 Å². The molecule has 0 spiro atoms. The minimum absolute atomic E-state index is 0.0676. The number of para-hydroxylation sites is 2. The van der Waals surface area contributed by atoms with Gasteiger partial charge in [0.25, 0.3) is 5.91 Å². The highest BCUT2D eigenvalue weighted by molar-refractivity contribution is 5.95. The molecule has 2 aromatic carbocycles. The van der Waals surface area contributed by atoms with E-state index in [2.05, 4.69) is 15.3 Å². The van der Waals surface area contributed by atoms with Gasteiger partial charge in [0, 0.05) is 5.69 Å². The number of nitrogens with one attached hydrogen (secondary N) is 1. The Kier molecular flexibility index (Phi) is 4.70. The van der Waals surface area contributed by atoms with E-state index in [4.69, 9.17) is 4.74 Å². The highest BCUT2D eigenvalue weighted by Gasteiger charge is 2.13. The number of hydrogen-bond acceptors (Lipinski definition) is 5. The quantitative estimate of drug-likeness (QED) is 0.741. The fourth-order valence-electron chi connectivity index (χ4n) is 2.40. The molecule has 0 radical (unpaired) electrons. The van der Waals surface area contributed by atoms with Crippen molar-refractivity contribution in [3.8, 4) is 0 Å². The third-order valence-corrected chi connectivity index (χ3v) is 3.65. The summed E-state index contributed by atoms with van der Waals surface area (Å²) in [5.74, 6) is -1.09. The predicted octanol–water partition coefficient (Wildman–Crippen LogP) is 3.04. The van der Waals surface area contributed by atoms with Crippen molar-refractivity contribution in [2.24, 2.45) is 0 Å². The SMILES string of the molecule is Cc1ccc(NC(=O)COC(=O)c2cnc3ccccc3n2)c(C)c1. The van der Waals surface area contributed by atoms with Gasteiger partial charge in [-0.05, 0) is 37.6 Å². The monoisotopic (exact) mass is 335 g/mol. The lowest BCUT2D eigenvalue weighted by atomic mass is 10.1. The molecule has 1 N–H and O–H groups in total. The Morgan fingerprint density at radius 1 is 1.08 bits per heavy atom. The first-order valence-electron chi connectivity index (χ1n) is 7.79. The fraction of sp³-hybridized carbons (Fsp3) is 0.158. The van der Waals surface area contributed by atoms with Crippen molar-refractivity contribution in [2.45, 2.75) is 13.8 Å². The number of ether oxygens (including phenoxy) is 1. The molecular formula is C19H17N3O3. The van der Waals surface area contributed by atoms with Crippen molar-refractivity contribution in [2.75, 3.05) is 11.9 Å². The lowest BCUT2D eigenvalue weighted by Crippen LogP contribution is -2.21. The van der Waals surface area contributed by atoms with Gasteiger partial charge in [-0.15, -0.1) is 0 Å². The van der Waals surface area contributed by atoms with E-state index in [-0.39, 0.29) is 12.3 Å². The molecule has 126 valence electrons. The van der Waals surface area contributed by atoms with Crippen LogP contribution in [0.15, 0.2) is 48.7 Å². The second-order valence-corrected chi connectivity index (χ2v) is 5.69. The molecule has 1 amide bonds. The Labute approximate surface area is 144 Å². The maximum atomic E-state index is 12.1. The number of aryl methyl sites for hydroxylation is 2. The van der Waals surface area contributed by atoms with Crippen LogP contribution in [0, 0.1) is 13.8 Å². The molecule has 0 aliphatic heterocycles. The maximum absolute atomic E-state index is 12.1. The number of esters is 1. The minimum Gasteiger partial charge on any atom is -0.451 e. The first kappa shape index (κ1) is 16.6. The van der Waals surface area contributed by atoms with Crippen molar-refractivity contribution in [3.05, 3.63) is 65.5 Å². The number of anilines is 1. The zero-order valence-electron chi connectivity index (χ0n) is 13.9. The van der Waals surface area contributed by atoms with Gasteiger partial charge in [-0.25, -0.2) is 9.78 Å². The average molecular weight is 335 g/mol. The molecule has 0 bridgehead atoms. The molecule has 6 heteroatoms. The molecule has 25 heavy (non-hydrogen) atoms. The number of nitrogens with zero attached hydrogens (tertiary/aromatic N) is 2. The second-order valence-electron chi connectivity index (χ2n) is 5.69. The largest absolute Gasteiger partial charge is 0.451 e. The maximum Gasteiger partial charge on any atom is 0.359 e. The Morgan fingerprint density at radius 3 is 2.60 bits per heavy atom. The number of carbonyl (C=O) groups excluding carboxylic acids is 2. The highest BCUT2D eigenvalue weighted by Crippen LogP contribution is 2.16. The summed E-state index contributed by atoms with van der Waals surface area (Å²) >= 11 is 0. The molecule has 6 nitrogen and oxygen atoms in total. The number of aromatic nitrogens is 2. The van der Waals surface area contributed by atoms with Crippen molar-refractivity contribution in [3.63, 3.8) is 0 Å². The third-order valence-electron chi connectivity index (χ3n) is 3.65. The smallest absolute Gasteiger partial charge is 0.359 e. The number of amides is 1. The van der Waals surface area contributed by atoms with E-state index in [1.54, 1.807) is 12.1 Å². The molecule has 1 heterocycles. The molecule has 3 rings (SSSR count). The minimum atomic E-state index is -0.686. The zero-order chi connectivity index (χ0) is 17.8. The van der Waals surface area contributed by atoms with Crippen molar-refractivity contribution >= 4 is 28.6 Å². The van der Waals surface area contributed by atoms with Crippen molar-refractivity contribution < 1.29 is 14.3 Å². The van der Waals surface area contributed by atoms with Crippen LogP contribution in [0.3, 0.4) is 0 Å². The molecule has 0 aliphatic rings. The van der Waals surface area contributed by atoms with E-state index in [9.17, 15) is 9.59 Å². The predicted molar refractivity (Wildman–Crippen MR) is 94.4 cm³/mol. The van der Waals surface area contributed by atoms with Gasteiger partial charge in [0.05, 0.1) is 17.2 Å². The summed E-state index contributed by atoms with van der Waals surface area (Å²) in [5, 5.41) is 2.72. The van der Waals surface area contributed by atoms with Crippen LogP contribution in [-0.2, 0) is 9.53 Å². The van der Waals surface area contributed by atoms with Crippen LogP contribution < -0.4 is 5.32 Å². The standard InChI is InChI=1S/C19H17N3O3/c1-12-7-8-14(13(2)9-12)22-18(23)11-25-19(24)17-10-20-15-5-3-4-6-16(15)21-17/h3-10H,11H2,1-2H3,(H,22,23). The van der Waals surface area contributed by atoms with Gasteiger partial charge in [-0.2, -0.15) is 0 Å². The Balaban J connectivity index is 1.61. The Morgan fingerprint density at radius 2 is 1.84 bits per heavy atom. The van der Waals surface area contributed by atoms with Gasteiger partial charge in [0.15, 0.2) is 12.3 Å². The van der Waals surface area contributed by atoms with Crippen molar-refractivity contribution in [1.82, 2.24) is 9.97 Å². The second kappa shape index (κ2) is 7.09. The summed E-state index contributed by atoms with van der Waals surface area (Å²) in [6.45, 7) is 3.49. The van der Waals surface area contributed by atoms with E-state index in [1.807, 2.05) is 44.2 Å². The molecule has 3 aromatic rings. The summed E-state index contributed by atoms with van der Waals surface area (Å²) < 4.78 is 5.02. The summed E-state index contributed by atoms with van der Waals surface area (Å²) in [5.41, 5.74) is 4.09. The normalized spacial score (nSPS) is 10.5. The van der Waals surface area contributed by atoms with E-state index >= 15 is 0 Å². The zero-order valence-corrected chi connectivity index (χ0v) is 13.9. The first-order chi connectivity index (χ1) is 12.0. The first-order valence-corrected chi connectivity index (χ1v) is 7.79. The number of carbonyl (C=O) groups is 2. The topological polar surface area (TPSA) is 81.2 Å². The number of fused-ring (bicyclic) bond motifs is 1. The van der Waals surface area contributed by atoms with E-state index in [1.165, 1.54) is 6.20 Å². The Hall–Kier alpha value is -3.28. The highest BCUT2D eigenvalue weighted by atomic mass is 16.5. The molecule has 0 atom stereocenters. The summed E-state index contributed by atoms with van der Waals surface area (Å²) in [4.78, 5) is 32.4. The molecule has 0 saturated heterocycles. The van der Waals surface area contributed by atoms with Crippen LogP contribution in [0.5, 0.6) is 0 Å². The summed E-state index contributed by atoms with van der Waals surface area (Å²) in [7, 11) is 0. The lowest BCUT2D eigenvalue weighted by Gasteiger charge is -2.09. The molecule has 0 saturated carbocycles. The lowest BCUT2D eigenvalue weighted by molar-refractivity contribution is -0.119. The fourth-order valence-corrected chi connectivity index (χ4v) is 2.40. The molecule has 0 fully saturated rings. The van der Waals surface area contributed by atoms with Crippen LogP contribution in [0.25, 0.3) is 11.0 Å². The molecular weight excluding hydrogens is 318 g/mol. The van der Waals surface area contributed by atoms with Gasteiger partial charge >= 0.3 is 5.97 Å². The van der Waals surface area contributed by atoms with Crippen LogP contribution in [-0.4, -0.2) is 28.5 Å². The van der Waals surface area contributed by atoms with Gasteiger partial charge in [0.2, 0.25) is 0 Å². The van der Waals surface area contributed by atoms with Crippen LogP contribution >= 0.6 is 0 Å². The van der Waals surface area contributed by atoms with Gasteiger partial charge in [0.1, 0.15) is 0 Å². The van der Waals surface area contributed by atoms with E-state index in [0.29, 0.717) is 16.7 Å². The van der Waals surface area contributed by atoms with E-state index < -0.39 is 11.9 Å². The average Bonchev–Trinajstić information content (AvgIpc) is 2.61. The van der Waals surface area contributed by atoms with Gasteiger partial charge in [-0.3, -0.25) is 9.78 Å². The molecule has 0 unspecified atom stereocenters. The summed E-state index contributed by atoms with van der Waals surface area (Å²) in [6, 6.07) is 12.9. The number of hydrogen-bond donors (Lipinski definition) is 1. The summed E-state index contributed by atoms with van der Waals surface area (Å²) in [6.07, 6.45) is 1.34. The van der Waals surface area contributed by atoms with Crippen LogP contribution in [0.2, 0.25) is 0 Å². The van der Waals surface area contributed by atoms with Crippen LogP contribution in [0.1, 0.15) is 21.6 Å².